The Morgan fingerprint density at radius 1 is 0.854 bits per heavy atom. The molecule has 0 unspecified atom stereocenters. The number of benzene rings is 3. The zero-order valence-electron chi connectivity index (χ0n) is 22.1. The Morgan fingerprint density at radius 3 is 2.05 bits per heavy atom. The van der Waals surface area contributed by atoms with E-state index in [1.165, 1.54) is 42.1 Å². The Hall–Kier alpha value is -3.23. The Morgan fingerprint density at radius 2 is 1.44 bits per heavy atom. The number of hydrogen-bond donors (Lipinski definition) is 2. The molecule has 4 rings (SSSR count). The highest BCUT2D eigenvalue weighted by molar-refractivity contribution is 7.98. The van der Waals surface area contributed by atoms with E-state index < -0.39 is 31.8 Å². The fraction of sp³-hybridized carbons (Fsp3) is 0.296. The van der Waals surface area contributed by atoms with Crippen LogP contribution in [0.2, 0.25) is 0 Å². The Labute approximate surface area is 241 Å². The molecule has 1 amide bonds. The first-order valence-electron chi connectivity index (χ1n) is 12.5. The third-order valence-electron chi connectivity index (χ3n) is 6.64. The largest absolute Gasteiger partial charge is 0.416 e. The van der Waals surface area contributed by atoms with Crippen molar-refractivity contribution in [2.24, 2.45) is 5.92 Å². The summed E-state index contributed by atoms with van der Waals surface area (Å²) in [6, 6.07) is 12.7. The van der Waals surface area contributed by atoms with Crippen LogP contribution in [0.3, 0.4) is 0 Å². The van der Waals surface area contributed by atoms with Crippen molar-refractivity contribution in [3.05, 3.63) is 77.9 Å². The number of sulfonamides is 2. The number of alkyl halides is 3. The molecule has 41 heavy (non-hydrogen) atoms. The minimum Gasteiger partial charge on any atom is -0.339 e. The second-order valence-corrected chi connectivity index (χ2v) is 13.9. The molecule has 0 saturated carbocycles. The van der Waals surface area contributed by atoms with Gasteiger partial charge in [0.15, 0.2) is 0 Å². The average Bonchev–Trinajstić information content (AvgIpc) is 2.92. The second kappa shape index (κ2) is 11.9. The summed E-state index contributed by atoms with van der Waals surface area (Å²) in [5.41, 5.74) is -0.946. The number of nitrogens with one attached hydrogen (secondary N) is 2. The van der Waals surface area contributed by atoms with Gasteiger partial charge in [0.1, 0.15) is 0 Å². The van der Waals surface area contributed by atoms with Gasteiger partial charge >= 0.3 is 6.18 Å². The lowest BCUT2D eigenvalue weighted by atomic mass is 9.98. The summed E-state index contributed by atoms with van der Waals surface area (Å²) in [5.74, 6) is 0.286. The van der Waals surface area contributed by atoms with E-state index in [1.54, 1.807) is 17.2 Å². The monoisotopic (exact) mass is 627 g/mol. The van der Waals surface area contributed by atoms with E-state index in [0.29, 0.717) is 30.0 Å². The van der Waals surface area contributed by atoms with Gasteiger partial charge in [-0.3, -0.25) is 14.2 Å². The maximum atomic E-state index is 13.2. The van der Waals surface area contributed by atoms with Crippen molar-refractivity contribution in [2.45, 2.75) is 40.6 Å². The summed E-state index contributed by atoms with van der Waals surface area (Å²) in [4.78, 5) is 15.2. The first kappa shape index (κ1) is 30.7. The van der Waals surface area contributed by atoms with Crippen molar-refractivity contribution >= 4 is 49.1 Å². The van der Waals surface area contributed by atoms with Gasteiger partial charge in [-0.25, -0.2) is 16.8 Å². The van der Waals surface area contributed by atoms with Gasteiger partial charge in [0, 0.05) is 29.4 Å². The molecule has 0 atom stereocenters. The summed E-state index contributed by atoms with van der Waals surface area (Å²) >= 11 is 1.34. The lowest BCUT2D eigenvalue weighted by molar-refractivity contribution is -0.137. The predicted octanol–water partition coefficient (Wildman–Crippen LogP) is 5.90. The number of hydrogen-bond acceptors (Lipinski definition) is 6. The SMILES string of the molecule is CSc1ccc(S(=O)(=O)Nc2ccc(S(=O)(=O)Nc3cccc(C(F)(F)F)c3)cc2)cc1C(=O)N1CCC(C)CC1. The summed E-state index contributed by atoms with van der Waals surface area (Å²) < 4.78 is 95.2. The second-order valence-electron chi connectivity index (χ2n) is 9.65. The minimum atomic E-state index is -4.64. The van der Waals surface area contributed by atoms with Crippen molar-refractivity contribution in [1.29, 1.82) is 0 Å². The van der Waals surface area contributed by atoms with Crippen molar-refractivity contribution in [1.82, 2.24) is 4.90 Å². The number of thioether (sulfide) groups is 1. The van der Waals surface area contributed by atoms with E-state index in [4.69, 9.17) is 0 Å². The van der Waals surface area contributed by atoms with Gasteiger partial charge in [-0.15, -0.1) is 11.8 Å². The molecule has 220 valence electrons. The zero-order valence-corrected chi connectivity index (χ0v) is 24.6. The number of piperidine rings is 1. The molecule has 0 radical (unpaired) electrons. The molecule has 3 aromatic carbocycles. The van der Waals surface area contributed by atoms with E-state index in [0.717, 1.165) is 37.1 Å². The first-order valence-corrected chi connectivity index (χ1v) is 16.7. The van der Waals surface area contributed by atoms with Gasteiger partial charge < -0.3 is 4.90 Å². The topological polar surface area (TPSA) is 113 Å². The molecule has 1 heterocycles. The highest BCUT2D eigenvalue weighted by Crippen LogP contribution is 2.32. The average molecular weight is 628 g/mol. The number of likely N-dealkylation sites (tertiary alicyclic amines) is 1. The van der Waals surface area contributed by atoms with Crippen LogP contribution in [-0.4, -0.2) is 47.0 Å². The number of anilines is 2. The van der Waals surface area contributed by atoms with Gasteiger partial charge in [0.25, 0.3) is 26.0 Å². The lowest BCUT2D eigenvalue weighted by Gasteiger charge is -2.30. The third-order valence-corrected chi connectivity index (χ3v) is 10.2. The van der Waals surface area contributed by atoms with E-state index in [9.17, 15) is 34.8 Å². The van der Waals surface area contributed by atoms with Crippen LogP contribution in [0, 0.1) is 5.92 Å². The van der Waals surface area contributed by atoms with Crippen molar-refractivity contribution < 1.29 is 34.8 Å². The van der Waals surface area contributed by atoms with Crippen LogP contribution in [0.1, 0.15) is 35.7 Å². The normalized spacial score (nSPS) is 15.0. The molecule has 3 aromatic rings. The summed E-state index contributed by atoms with van der Waals surface area (Å²) in [7, 11) is -8.42. The van der Waals surface area contributed by atoms with E-state index in [2.05, 4.69) is 16.4 Å². The van der Waals surface area contributed by atoms with Crippen LogP contribution in [-0.2, 0) is 26.2 Å². The molecule has 0 aliphatic carbocycles. The number of amides is 1. The van der Waals surface area contributed by atoms with Crippen LogP contribution < -0.4 is 9.44 Å². The predicted molar refractivity (Wildman–Crippen MR) is 152 cm³/mol. The fourth-order valence-corrected chi connectivity index (χ4v) is 7.00. The molecular weight excluding hydrogens is 600 g/mol. The standard InChI is InChI=1S/C27H28F3N3O5S3/c1-18-12-14-33(15-13-18)26(34)24-17-23(10-11-25(24)39-2)41(37,38)31-20-6-8-22(9-7-20)40(35,36)32-21-5-3-4-19(16-21)27(28,29)30/h3-11,16-18,31-32H,12-15H2,1-2H3. The number of carbonyl (C=O) groups excluding carboxylic acids is 1. The van der Waals surface area contributed by atoms with E-state index >= 15 is 0 Å². The van der Waals surface area contributed by atoms with E-state index in [1.807, 2.05) is 0 Å². The van der Waals surface area contributed by atoms with Gasteiger partial charge in [-0.05, 0) is 85.7 Å². The summed E-state index contributed by atoms with van der Waals surface area (Å²) in [5, 5.41) is 0. The van der Waals surface area contributed by atoms with Crippen molar-refractivity contribution in [3.63, 3.8) is 0 Å². The summed E-state index contributed by atoms with van der Waals surface area (Å²) in [6.07, 6.45) is -1.09. The van der Waals surface area contributed by atoms with Gasteiger partial charge in [-0.1, -0.05) is 13.0 Å². The third kappa shape index (κ3) is 7.35. The number of halogens is 3. The van der Waals surface area contributed by atoms with E-state index in [-0.39, 0.29) is 32.6 Å². The van der Waals surface area contributed by atoms with Crippen LogP contribution >= 0.6 is 11.8 Å². The maximum Gasteiger partial charge on any atom is 0.416 e. The number of carbonyl (C=O) groups is 1. The smallest absolute Gasteiger partial charge is 0.339 e. The molecular formula is C27H28F3N3O5S3. The van der Waals surface area contributed by atoms with Crippen LogP contribution in [0.4, 0.5) is 24.5 Å². The lowest BCUT2D eigenvalue weighted by Crippen LogP contribution is -2.38. The molecule has 1 aliphatic heterocycles. The molecule has 1 fully saturated rings. The molecule has 0 spiro atoms. The molecule has 8 nitrogen and oxygen atoms in total. The van der Waals surface area contributed by atoms with Crippen molar-refractivity contribution in [3.8, 4) is 0 Å². The van der Waals surface area contributed by atoms with Crippen molar-refractivity contribution in [2.75, 3.05) is 28.8 Å². The van der Waals surface area contributed by atoms with Crippen LogP contribution in [0.5, 0.6) is 0 Å². The fourth-order valence-electron chi connectivity index (χ4n) is 4.29. The van der Waals surface area contributed by atoms with Gasteiger partial charge in [-0.2, -0.15) is 13.2 Å². The Balaban J connectivity index is 1.51. The molecule has 1 aliphatic rings. The first-order chi connectivity index (χ1) is 19.2. The Kier molecular flexibility index (Phi) is 8.95. The number of nitrogens with zero attached hydrogens (tertiary/aromatic N) is 1. The number of rotatable bonds is 8. The van der Waals surface area contributed by atoms with Crippen LogP contribution in [0.15, 0.2) is 81.4 Å². The molecule has 0 bridgehead atoms. The van der Waals surface area contributed by atoms with Gasteiger partial charge in [0.2, 0.25) is 0 Å². The molecule has 2 N–H and O–H groups in total. The quantitative estimate of drug-likeness (QED) is 0.301. The Bertz CT molecular complexity index is 1640. The zero-order chi connectivity index (χ0) is 30.0. The van der Waals surface area contributed by atoms with Crippen LogP contribution in [0.25, 0.3) is 0 Å². The molecule has 14 heteroatoms. The highest BCUT2D eigenvalue weighted by atomic mass is 32.2. The summed E-state index contributed by atoms with van der Waals surface area (Å²) in [6.45, 7) is 3.32. The van der Waals surface area contributed by atoms with Gasteiger partial charge in [0.05, 0.1) is 20.9 Å². The molecule has 0 aromatic heterocycles. The molecule has 1 saturated heterocycles. The highest BCUT2D eigenvalue weighted by Gasteiger charge is 2.31. The minimum absolute atomic E-state index is 0.0508. The maximum absolute atomic E-state index is 13.2.